The number of furan rings is 1. The van der Waals surface area contributed by atoms with Crippen LogP contribution >= 0.6 is 11.6 Å². The zero-order valence-corrected chi connectivity index (χ0v) is 13.6. The fourth-order valence-electron chi connectivity index (χ4n) is 2.49. The third-order valence-corrected chi connectivity index (χ3v) is 3.78. The molecule has 0 saturated heterocycles. The standard InChI is InChI=1S/C18H24ClNO/c1-14(2)11-20-12-17(10-16-7-8-21-13-16)9-15-3-5-18(19)6-4-15/h3-8,13-14,17,20H,9-12H2,1-2H3. The molecule has 0 radical (unpaired) electrons. The van der Waals surface area contributed by atoms with Crippen molar-refractivity contribution in [2.75, 3.05) is 13.1 Å². The van der Waals surface area contributed by atoms with Gasteiger partial charge in [-0.15, -0.1) is 0 Å². The van der Waals surface area contributed by atoms with Gasteiger partial charge in [0.15, 0.2) is 0 Å². The quantitative estimate of drug-likeness (QED) is 0.772. The van der Waals surface area contributed by atoms with Crippen molar-refractivity contribution in [3.8, 4) is 0 Å². The molecule has 2 nitrogen and oxygen atoms in total. The topological polar surface area (TPSA) is 25.2 Å². The fourth-order valence-corrected chi connectivity index (χ4v) is 2.61. The van der Waals surface area contributed by atoms with Crippen LogP contribution in [0.5, 0.6) is 0 Å². The Morgan fingerprint density at radius 3 is 2.33 bits per heavy atom. The Bertz CT molecular complexity index is 505. The number of benzene rings is 1. The Kier molecular flexibility index (Phi) is 6.34. The highest BCUT2D eigenvalue weighted by Gasteiger charge is 2.12. The lowest BCUT2D eigenvalue weighted by atomic mass is 9.93. The summed E-state index contributed by atoms with van der Waals surface area (Å²) in [4.78, 5) is 0. The second kappa shape index (κ2) is 8.26. The summed E-state index contributed by atoms with van der Waals surface area (Å²) in [7, 11) is 0. The molecule has 1 unspecified atom stereocenters. The molecular weight excluding hydrogens is 282 g/mol. The maximum absolute atomic E-state index is 5.96. The minimum absolute atomic E-state index is 0.558. The number of hydrogen-bond donors (Lipinski definition) is 1. The molecule has 0 aliphatic carbocycles. The molecule has 0 amide bonds. The van der Waals surface area contributed by atoms with Crippen LogP contribution in [-0.4, -0.2) is 13.1 Å². The van der Waals surface area contributed by atoms with Crippen LogP contribution < -0.4 is 5.32 Å². The Hall–Kier alpha value is -1.25. The van der Waals surface area contributed by atoms with Crippen molar-refractivity contribution >= 4 is 11.6 Å². The monoisotopic (exact) mass is 305 g/mol. The van der Waals surface area contributed by atoms with E-state index in [9.17, 15) is 0 Å². The lowest BCUT2D eigenvalue weighted by Crippen LogP contribution is -2.28. The van der Waals surface area contributed by atoms with E-state index in [4.69, 9.17) is 16.0 Å². The zero-order valence-electron chi connectivity index (χ0n) is 12.8. The summed E-state index contributed by atoms with van der Waals surface area (Å²) in [6.07, 6.45) is 5.67. The smallest absolute Gasteiger partial charge is 0.0934 e. The van der Waals surface area contributed by atoms with Gasteiger partial charge in [0.1, 0.15) is 0 Å². The van der Waals surface area contributed by atoms with Crippen LogP contribution in [0.15, 0.2) is 47.3 Å². The van der Waals surface area contributed by atoms with Crippen LogP contribution in [0.4, 0.5) is 0 Å². The average Bonchev–Trinajstić information content (AvgIpc) is 2.94. The molecule has 1 aromatic carbocycles. The van der Waals surface area contributed by atoms with Crippen LogP contribution in [0, 0.1) is 11.8 Å². The van der Waals surface area contributed by atoms with Gasteiger partial charge < -0.3 is 9.73 Å². The molecule has 3 heteroatoms. The second-order valence-electron chi connectivity index (χ2n) is 6.08. The molecule has 1 heterocycles. The predicted molar refractivity (Wildman–Crippen MR) is 88.8 cm³/mol. The van der Waals surface area contributed by atoms with Crippen LogP contribution in [-0.2, 0) is 12.8 Å². The fraction of sp³-hybridized carbons (Fsp3) is 0.444. The van der Waals surface area contributed by atoms with E-state index in [1.165, 1.54) is 11.1 Å². The molecule has 1 aromatic heterocycles. The van der Waals surface area contributed by atoms with Gasteiger partial charge in [0.2, 0.25) is 0 Å². The summed E-state index contributed by atoms with van der Waals surface area (Å²) in [5.41, 5.74) is 2.60. The van der Waals surface area contributed by atoms with Crippen molar-refractivity contribution in [2.45, 2.75) is 26.7 Å². The summed E-state index contributed by atoms with van der Waals surface area (Å²) < 4.78 is 5.19. The van der Waals surface area contributed by atoms with Crippen molar-refractivity contribution in [3.05, 3.63) is 59.0 Å². The van der Waals surface area contributed by atoms with E-state index in [0.717, 1.165) is 31.0 Å². The molecule has 0 aliphatic heterocycles. The number of nitrogens with one attached hydrogen (secondary N) is 1. The minimum Gasteiger partial charge on any atom is -0.472 e. The van der Waals surface area contributed by atoms with Gasteiger partial charge in [-0.2, -0.15) is 0 Å². The van der Waals surface area contributed by atoms with Crippen molar-refractivity contribution in [1.29, 1.82) is 0 Å². The van der Waals surface area contributed by atoms with Crippen LogP contribution in [0.25, 0.3) is 0 Å². The Labute approximate surface area is 132 Å². The number of hydrogen-bond acceptors (Lipinski definition) is 2. The largest absolute Gasteiger partial charge is 0.472 e. The zero-order chi connectivity index (χ0) is 15.1. The van der Waals surface area contributed by atoms with Crippen LogP contribution in [0.1, 0.15) is 25.0 Å². The normalized spacial score (nSPS) is 12.8. The maximum Gasteiger partial charge on any atom is 0.0934 e. The van der Waals surface area contributed by atoms with Gasteiger partial charge in [0, 0.05) is 5.02 Å². The molecule has 21 heavy (non-hydrogen) atoms. The molecular formula is C18H24ClNO. The van der Waals surface area contributed by atoms with Gasteiger partial charge in [0.25, 0.3) is 0 Å². The highest BCUT2D eigenvalue weighted by Crippen LogP contribution is 2.17. The average molecular weight is 306 g/mol. The summed E-state index contributed by atoms with van der Waals surface area (Å²) in [6.45, 7) is 6.54. The lowest BCUT2D eigenvalue weighted by Gasteiger charge is -2.18. The van der Waals surface area contributed by atoms with Crippen molar-refractivity contribution < 1.29 is 4.42 Å². The maximum atomic E-state index is 5.96. The first kappa shape index (κ1) is 16.1. The first-order chi connectivity index (χ1) is 10.1. The van der Waals surface area contributed by atoms with E-state index in [0.29, 0.717) is 11.8 Å². The van der Waals surface area contributed by atoms with E-state index in [1.807, 2.05) is 18.4 Å². The molecule has 0 saturated carbocycles. The van der Waals surface area contributed by atoms with E-state index in [2.05, 4.69) is 37.4 Å². The molecule has 2 aromatic rings. The van der Waals surface area contributed by atoms with E-state index in [-0.39, 0.29) is 0 Å². The predicted octanol–water partition coefficient (Wildman–Crippen LogP) is 4.58. The van der Waals surface area contributed by atoms with Crippen molar-refractivity contribution in [1.82, 2.24) is 5.32 Å². The van der Waals surface area contributed by atoms with Gasteiger partial charge in [0.05, 0.1) is 12.5 Å². The highest BCUT2D eigenvalue weighted by molar-refractivity contribution is 6.30. The van der Waals surface area contributed by atoms with Gasteiger partial charge in [-0.25, -0.2) is 0 Å². The summed E-state index contributed by atoms with van der Waals surface area (Å²) in [6, 6.07) is 10.2. The van der Waals surface area contributed by atoms with Crippen molar-refractivity contribution in [2.24, 2.45) is 11.8 Å². The summed E-state index contributed by atoms with van der Waals surface area (Å²) in [5.74, 6) is 1.23. The summed E-state index contributed by atoms with van der Waals surface area (Å²) >= 11 is 5.96. The van der Waals surface area contributed by atoms with Gasteiger partial charge in [-0.3, -0.25) is 0 Å². The molecule has 114 valence electrons. The van der Waals surface area contributed by atoms with Gasteiger partial charge in [-0.1, -0.05) is 37.6 Å². The van der Waals surface area contributed by atoms with Gasteiger partial charge in [-0.05, 0) is 67.1 Å². The first-order valence-electron chi connectivity index (χ1n) is 7.59. The molecule has 0 aliphatic rings. The molecule has 2 rings (SSSR count). The van der Waals surface area contributed by atoms with E-state index in [1.54, 1.807) is 6.26 Å². The van der Waals surface area contributed by atoms with E-state index < -0.39 is 0 Å². The summed E-state index contributed by atoms with van der Waals surface area (Å²) in [5, 5.41) is 4.37. The SMILES string of the molecule is CC(C)CNCC(Cc1ccc(Cl)cc1)Cc1ccoc1. The molecule has 0 bridgehead atoms. The Balaban J connectivity index is 1.95. The minimum atomic E-state index is 0.558. The lowest BCUT2D eigenvalue weighted by molar-refractivity contribution is 0.443. The third-order valence-electron chi connectivity index (χ3n) is 3.53. The molecule has 0 fully saturated rings. The Morgan fingerprint density at radius 2 is 1.71 bits per heavy atom. The molecule has 1 atom stereocenters. The molecule has 0 spiro atoms. The van der Waals surface area contributed by atoms with Crippen molar-refractivity contribution in [3.63, 3.8) is 0 Å². The van der Waals surface area contributed by atoms with Crippen LogP contribution in [0.3, 0.4) is 0 Å². The number of halogens is 1. The third kappa shape index (κ3) is 5.94. The van der Waals surface area contributed by atoms with Crippen LogP contribution in [0.2, 0.25) is 5.02 Å². The number of rotatable bonds is 8. The van der Waals surface area contributed by atoms with Gasteiger partial charge >= 0.3 is 0 Å². The highest BCUT2D eigenvalue weighted by atomic mass is 35.5. The Morgan fingerprint density at radius 1 is 1.00 bits per heavy atom. The second-order valence-corrected chi connectivity index (χ2v) is 6.52. The first-order valence-corrected chi connectivity index (χ1v) is 7.97. The molecule has 1 N–H and O–H groups in total. The van der Waals surface area contributed by atoms with E-state index >= 15 is 0 Å².